The van der Waals surface area contributed by atoms with Crippen LogP contribution in [0, 0.1) is 19.8 Å². The zero-order chi connectivity index (χ0) is 21.8. The highest BCUT2D eigenvalue weighted by atomic mass is 32.1. The highest BCUT2D eigenvalue weighted by molar-refractivity contribution is 7.14. The van der Waals surface area contributed by atoms with Crippen LogP contribution in [-0.2, 0) is 22.5 Å². The number of rotatable bonds is 8. The molecule has 0 saturated heterocycles. The van der Waals surface area contributed by atoms with E-state index in [9.17, 15) is 9.59 Å². The molecule has 0 unspecified atom stereocenters. The first kappa shape index (κ1) is 21.8. The molecule has 0 fully saturated rings. The van der Waals surface area contributed by atoms with Gasteiger partial charge in [-0.3, -0.25) is 9.48 Å². The molecule has 3 heterocycles. The number of carbonyl (C=O) groups is 2. The van der Waals surface area contributed by atoms with Crippen molar-refractivity contribution in [1.82, 2.24) is 19.7 Å². The van der Waals surface area contributed by atoms with Gasteiger partial charge in [-0.25, -0.2) is 9.78 Å². The van der Waals surface area contributed by atoms with Gasteiger partial charge < -0.3 is 15.0 Å². The monoisotopic (exact) mass is 429 g/mol. The van der Waals surface area contributed by atoms with Gasteiger partial charge in [-0.05, 0) is 37.8 Å². The molecule has 0 bridgehead atoms. The number of esters is 1. The van der Waals surface area contributed by atoms with E-state index in [0.29, 0.717) is 35.3 Å². The lowest BCUT2D eigenvalue weighted by atomic mass is 10.1. The first-order chi connectivity index (χ1) is 14.3. The minimum atomic E-state index is -0.438. The van der Waals surface area contributed by atoms with E-state index in [2.05, 4.69) is 41.2 Å². The SMILES string of the molecule is COC(=O)c1cc(-c2csc(NC(=O)CCc3c(C)nn(CC(C)C)c3C)n2)c[nH]1. The molecule has 9 heteroatoms. The number of ether oxygens (including phenoxy) is 1. The quantitative estimate of drug-likeness (QED) is 0.528. The van der Waals surface area contributed by atoms with Gasteiger partial charge in [-0.1, -0.05) is 13.8 Å². The zero-order valence-corrected chi connectivity index (χ0v) is 18.7. The predicted octanol–water partition coefficient (Wildman–Crippen LogP) is 3.97. The van der Waals surface area contributed by atoms with Crippen molar-refractivity contribution in [2.75, 3.05) is 12.4 Å². The minimum Gasteiger partial charge on any atom is -0.464 e. The summed E-state index contributed by atoms with van der Waals surface area (Å²) in [4.78, 5) is 31.3. The van der Waals surface area contributed by atoms with E-state index in [1.54, 1.807) is 12.3 Å². The lowest BCUT2D eigenvalue weighted by Gasteiger charge is -2.08. The average Bonchev–Trinajstić information content (AvgIpc) is 3.40. The number of anilines is 1. The number of nitrogens with one attached hydrogen (secondary N) is 2. The van der Waals surface area contributed by atoms with Crippen molar-refractivity contribution in [3.05, 3.63) is 40.3 Å². The first-order valence-electron chi connectivity index (χ1n) is 9.83. The molecule has 8 nitrogen and oxygen atoms in total. The summed E-state index contributed by atoms with van der Waals surface area (Å²) < 4.78 is 6.72. The summed E-state index contributed by atoms with van der Waals surface area (Å²) in [7, 11) is 1.33. The molecule has 3 aromatic heterocycles. The van der Waals surface area contributed by atoms with Crippen molar-refractivity contribution < 1.29 is 14.3 Å². The second-order valence-electron chi connectivity index (χ2n) is 7.61. The number of methoxy groups -OCH3 is 1. The van der Waals surface area contributed by atoms with Crippen molar-refractivity contribution in [3.63, 3.8) is 0 Å². The second-order valence-corrected chi connectivity index (χ2v) is 8.46. The summed E-state index contributed by atoms with van der Waals surface area (Å²) in [5.41, 5.74) is 5.04. The van der Waals surface area contributed by atoms with Crippen LogP contribution in [0.15, 0.2) is 17.6 Å². The van der Waals surface area contributed by atoms with Crippen LogP contribution in [0.25, 0.3) is 11.3 Å². The van der Waals surface area contributed by atoms with Crippen LogP contribution in [0.4, 0.5) is 5.13 Å². The molecule has 0 aliphatic heterocycles. The third-order valence-corrected chi connectivity index (χ3v) is 5.56. The Labute approximate surface area is 179 Å². The number of hydrogen-bond acceptors (Lipinski definition) is 6. The number of thiazole rings is 1. The van der Waals surface area contributed by atoms with E-state index in [1.165, 1.54) is 18.4 Å². The smallest absolute Gasteiger partial charge is 0.354 e. The number of aryl methyl sites for hydroxylation is 1. The van der Waals surface area contributed by atoms with Crippen LogP contribution in [0.2, 0.25) is 0 Å². The number of nitrogens with zero attached hydrogens (tertiary/aromatic N) is 3. The van der Waals surface area contributed by atoms with E-state index < -0.39 is 5.97 Å². The summed E-state index contributed by atoms with van der Waals surface area (Å²) >= 11 is 1.35. The summed E-state index contributed by atoms with van der Waals surface area (Å²) in [6.45, 7) is 9.24. The van der Waals surface area contributed by atoms with Crippen molar-refractivity contribution >= 4 is 28.3 Å². The molecule has 0 aliphatic rings. The standard InChI is InChI=1S/C21H27N5O3S/c1-12(2)10-26-14(4)16(13(3)25-26)6-7-19(27)24-21-23-18(11-30-21)15-8-17(22-9-15)20(28)29-5/h8-9,11-12,22H,6-7,10H2,1-5H3,(H,23,24,27). The number of H-pyrrole nitrogens is 1. The van der Waals surface area contributed by atoms with E-state index in [-0.39, 0.29) is 5.91 Å². The van der Waals surface area contributed by atoms with Gasteiger partial charge in [0.2, 0.25) is 5.91 Å². The summed E-state index contributed by atoms with van der Waals surface area (Å²) in [6.07, 6.45) is 2.69. The Hall–Kier alpha value is -2.94. The van der Waals surface area contributed by atoms with Crippen LogP contribution >= 0.6 is 11.3 Å². The van der Waals surface area contributed by atoms with Crippen molar-refractivity contribution in [1.29, 1.82) is 0 Å². The van der Waals surface area contributed by atoms with Crippen molar-refractivity contribution in [3.8, 4) is 11.3 Å². The molecule has 30 heavy (non-hydrogen) atoms. The molecule has 2 N–H and O–H groups in total. The molecule has 0 aliphatic carbocycles. The van der Waals surface area contributed by atoms with Gasteiger partial charge in [0.15, 0.2) is 5.13 Å². The largest absolute Gasteiger partial charge is 0.464 e. The summed E-state index contributed by atoms with van der Waals surface area (Å²) in [5.74, 6) is -0.00934. The average molecular weight is 430 g/mol. The Kier molecular flexibility index (Phi) is 6.71. The lowest BCUT2D eigenvalue weighted by molar-refractivity contribution is -0.116. The van der Waals surface area contributed by atoms with Crippen LogP contribution in [-0.4, -0.2) is 38.7 Å². The normalized spacial score (nSPS) is 11.1. The van der Waals surface area contributed by atoms with Gasteiger partial charge in [0, 0.05) is 35.8 Å². The maximum absolute atomic E-state index is 12.4. The molecule has 0 spiro atoms. The van der Waals surface area contributed by atoms with Gasteiger partial charge in [0.25, 0.3) is 0 Å². The molecule has 3 rings (SSSR count). The predicted molar refractivity (Wildman–Crippen MR) is 117 cm³/mol. The maximum Gasteiger partial charge on any atom is 0.354 e. The molecular weight excluding hydrogens is 402 g/mol. The number of aromatic nitrogens is 4. The molecule has 0 saturated carbocycles. The lowest BCUT2D eigenvalue weighted by Crippen LogP contribution is -2.13. The molecule has 0 radical (unpaired) electrons. The Bertz CT molecular complexity index is 1050. The van der Waals surface area contributed by atoms with Crippen LogP contribution in [0.3, 0.4) is 0 Å². The van der Waals surface area contributed by atoms with Gasteiger partial charge in [0.1, 0.15) is 5.69 Å². The molecule has 0 aromatic carbocycles. The highest BCUT2D eigenvalue weighted by Gasteiger charge is 2.16. The molecule has 0 atom stereocenters. The number of carbonyl (C=O) groups excluding carboxylic acids is 2. The minimum absolute atomic E-state index is 0.0874. The second kappa shape index (κ2) is 9.25. The van der Waals surface area contributed by atoms with E-state index >= 15 is 0 Å². The Morgan fingerprint density at radius 3 is 2.80 bits per heavy atom. The van der Waals surface area contributed by atoms with Crippen LogP contribution in [0.5, 0.6) is 0 Å². The first-order valence-corrected chi connectivity index (χ1v) is 10.7. The highest BCUT2D eigenvalue weighted by Crippen LogP contribution is 2.26. The van der Waals surface area contributed by atoms with Gasteiger partial charge in [-0.15, -0.1) is 11.3 Å². The van der Waals surface area contributed by atoms with Crippen molar-refractivity contribution in [2.45, 2.75) is 47.1 Å². The topological polar surface area (TPSA) is 102 Å². The number of amides is 1. The van der Waals surface area contributed by atoms with Crippen LogP contribution in [0.1, 0.15) is 47.7 Å². The fraction of sp³-hybridized carbons (Fsp3) is 0.429. The molecule has 160 valence electrons. The van der Waals surface area contributed by atoms with Crippen molar-refractivity contribution in [2.24, 2.45) is 5.92 Å². The van der Waals surface area contributed by atoms with Crippen LogP contribution < -0.4 is 5.32 Å². The molecule has 1 amide bonds. The Morgan fingerprint density at radius 2 is 2.10 bits per heavy atom. The van der Waals surface area contributed by atoms with E-state index in [4.69, 9.17) is 4.74 Å². The van der Waals surface area contributed by atoms with Gasteiger partial charge in [-0.2, -0.15) is 5.10 Å². The fourth-order valence-electron chi connectivity index (χ4n) is 3.27. The van der Waals surface area contributed by atoms with E-state index in [0.717, 1.165) is 29.1 Å². The fourth-order valence-corrected chi connectivity index (χ4v) is 4.01. The molecule has 3 aromatic rings. The summed E-state index contributed by atoms with van der Waals surface area (Å²) in [5, 5.41) is 9.83. The Balaban J connectivity index is 1.59. The number of aromatic amines is 1. The Morgan fingerprint density at radius 1 is 1.33 bits per heavy atom. The number of hydrogen-bond donors (Lipinski definition) is 2. The summed E-state index contributed by atoms with van der Waals surface area (Å²) in [6, 6.07) is 1.67. The van der Waals surface area contributed by atoms with Gasteiger partial charge >= 0.3 is 5.97 Å². The van der Waals surface area contributed by atoms with Gasteiger partial charge in [0.05, 0.1) is 18.5 Å². The van der Waals surface area contributed by atoms with E-state index in [1.807, 2.05) is 17.0 Å². The third kappa shape index (κ3) is 4.96. The maximum atomic E-state index is 12.4. The zero-order valence-electron chi connectivity index (χ0n) is 17.9. The molecular formula is C21H27N5O3S. The third-order valence-electron chi connectivity index (χ3n) is 4.81.